The molecule has 3 rings (SSSR count). The maximum Gasteiger partial charge on any atom is 0.0980 e. The van der Waals surface area contributed by atoms with Crippen LogP contribution in [0.2, 0.25) is 0 Å². The van der Waals surface area contributed by atoms with Gasteiger partial charge >= 0.3 is 0 Å². The summed E-state index contributed by atoms with van der Waals surface area (Å²) in [6.45, 7) is 1.99. The summed E-state index contributed by atoms with van der Waals surface area (Å²) in [6.07, 6.45) is 1.09. The molecule has 1 nitrogen and oxygen atoms in total. The Kier molecular flexibility index (Phi) is 5.79. The van der Waals surface area contributed by atoms with Gasteiger partial charge in [0.1, 0.15) is 0 Å². The highest BCUT2D eigenvalue weighted by atomic mass is 28.2. The fourth-order valence-electron chi connectivity index (χ4n) is 2.61. The van der Waals surface area contributed by atoms with E-state index in [9.17, 15) is 0 Å². The molecule has 114 valence electrons. The van der Waals surface area contributed by atoms with Gasteiger partial charge in [-0.3, -0.25) is 4.90 Å². The van der Waals surface area contributed by atoms with Crippen molar-refractivity contribution in [3.63, 3.8) is 0 Å². The van der Waals surface area contributed by atoms with Crippen molar-refractivity contribution in [1.29, 1.82) is 0 Å². The Bertz CT molecular complexity index is 641. The average molecular weight is 315 g/mol. The molecular weight excluding hydrogens is 294 g/mol. The smallest absolute Gasteiger partial charge is 0.0980 e. The van der Waals surface area contributed by atoms with Gasteiger partial charge in [-0.1, -0.05) is 96.2 Å². The average Bonchev–Trinajstić information content (AvgIpc) is 2.62. The van der Waals surface area contributed by atoms with Crippen LogP contribution >= 0.6 is 0 Å². The standard InChI is InChI=1S/C21H21NSi/c1-4-10-19(11-5-1)16-22(17-20-12-6-2-7-13-20)18-23-21-14-8-3-9-15-21/h1-15H,16-18H2. The number of nitrogens with zero attached hydrogens (tertiary/aromatic N) is 1. The van der Waals surface area contributed by atoms with Crippen molar-refractivity contribution < 1.29 is 0 Å². The lowest BCUT2D eigenvalue weighted by Crippen LogP contribution is -2.32. The molecule has 0 aliphatic rings. The zero-order valence-corrected chi connectivity index (χ0v) is 14.2. The molecule has 0 saturated heterocycles. The fourth-order valence-corrected chi connectivity index (χ4v) is 3.67. The summed E-state index contributed by atoms with van der Waals surface area (Å²) in [5.74, 6) is 0. The van der Waals surface area contributed by atoms with Gasteiger partial charge in [0.05, 0.1) is 9.52 Å². The van der Waals surface area contributed by atoms with Gasteiger partial charge in [-0.15, -0.1) is 0 Å². The maximum absolute atomic E-state index is 2.54. The van der Waals surface area contributed by atoms with Crippen LogP contribution in [0, 0.1) is 0 Å². The summed E-state index contributed by atoms with van der Waals surface area (Å²) < 4.78 is 0. The lowest BCUT2D eigenvalue weighted by Gasteiger charge is -2.22. The molecule has 2 radical (unpaired) electrons. The van der Waals surface area contributed by atoms with Crippen molar-refractivity contribution in [3.8, 4) is 0 Å². The molecule has 0 spiro atoms. The Balaban J connectivity index is 1.67. The molecule has 0 unspecified atom stereocenters. The van der Waals surface area contributed by atoms with E-state index in [0.717, 1.165) is 28.8 Å². The predicted octanol–water partition coefficient (Wildman–Crippen LogP) is 3.68. The van der Waals surface area contributed by atoms with E-state index in [2.05, 4.69) is 95.9 Å². The predicted molar refractivity (Wildman–Crippen MR) is 98.8 cm³/mol. The van der Waals surface area contributed by atoms with E-state index in [1.54, 1.807) is 0 Å². The molecule has 0 atom stereocenters. The van der Waals surface area contributed by atoms with Crippen molar-refractivity contribution in [1.82, 2.24) is 4.90 Å². The molecule has 2 heteroatoms. The highest BCUT2D eigenvalue weighted by Gasteiger charge is 2.08. The lowest BCUT2D eigenvalue weighted by atomic mass is 10.2. The van der Waals surface area contributed by atoms with E-state index in [1.807, 2.05) is 0 Å². The molecular formula is C21H21NSi. The molecule has 3 aromatic rings. The molecule has 0 aliphatic heterocycles. The van der Waals surface area contributed by atoms with E-state index in [-0.39, 0.29) is 0 Å². The molecule has 0 N–H and O–H groups in total. The second-order valence-electron chi connectivity index (χ2n) is 5.66. The largest absolute Gasteiger partial charge is 0.298 e. The molecule has 0 saturated carbocycles. The molecule has 0 aliphatic carbocycles. The van der Waals surface area contributed by atoms with Gasteiger partial charge in [-0.2, -0.15) is 0 Å². The highest BCUT2D eigenvalue weighted by Crippen LogP contribution is 2.09. The minimum atomic E-state index is 0.814. The van der Waals surface area contributed by atoms with Crippen molar-refractivity contribution in [2.45, 2.75) is 13.1 Å². The van der Waals surface area contributed by atoms with E-state index in [1.165, 1.54) is 16.3 Å². The Hall–Kier alpha value is -2.16. The summed E-state index contributed by atoms with van der Waals surface area (Å²) in [4.78, 5) is 2.54. The van der Waals surface area contributed by atoms with E-state index < -0.39 is 0 Å². The minimum absolute atomic E-state index is 0.814. The van der Waals surface area contributed by atoms with Gasteiger partial charge in [0, 0.05) is 13.1 Å². The normalized spacial score (nSPS) is 10.8. The summed E-state index contributed by atoms with van der Waals surface area (Å²) in [5.41, 5.74) is 2.75. The quantitative estimate of drug-likeness (QED) is 0.601. The minimum Gasteiger partial charge on any atom is -0.298 e. The fraction of sp³-hybridized carbons (Fsp3) is 0.143. The second-order valence-corrected chi connectivity index (χ2v) is 6.91. The third-order valence-corrected chi connectivity index (χ3v) is 5.13. The van der Waals surface area contributed by atoms with Gasteiger partial charge in [-0.25, -0.2) is 0 Å². The van der Waals surface area contributed by atoms with Crippen LogP contribution in [0.1, 0.15) is 11.1 Å². The Morgan fingerprint density at radius 2 is 1.00 bits per heavy atom. The summed E-state index contributed by atoms with van der Waals surface area (Å²) in [7, 11) is 0.814. The van der Waals surface area contributed by atoms with Gasteiger partial charge in [0.25, 0.3) is 0 Å². The summed E-state index contributed by atoms with van der Waals surface area (Å²) >= 11 is 0. The SMILES string of the molecule is c1ccc(CN(C[Si]c2ccccc2)Cc2ccccc2)cc1. The number of hydrogen-bond acceptors (Lipinski definition) is 1. The number of benzene rings is 3. The zero-order chi connectivity index (χ0) is 15.7. The lowest BCUT2D eigenvalue weighted by molar-refractivity contribution is 0.300. The Morgan fingerprint density at radius 3 is 1.48 bits per heavy atom. The van der Waals surface area contributed by atoms with Gasteiger partial charge < -0.3 is 0 Å². The van der Waals surface area contributed by atoms with Crippen molar-refractivity contribution >= 4 is 14.7 Å². The van der Waals surface area contributed by atoms with E-state index >= 15 is 0 Å². The molecule has 0 fully saturated rings. The van der Waals surface area contributed by atoms with Crippen LogP contribution in [0.4, 0.5) is 0 Å². The molecule has 23 heavy (non-hydrogen) atoms. The van der Waals surface area contributed by atoms with Crippen LogP contribution in [0.3, 0.4) is 0 Å². The third kappa shape index (κ3) is 5.20. The van der Waals surface area contributed by atoms with Gasteiger partial charge in [-0.05, 0) is 17.3 Å². The highest BCUT2D eigenvalue weighted by molar-refractivity contribution is 6.53. The first-order valence-corrected chi connectivity index (χ1v) is 9.20. The molecule has 0 amide bonds. The maximum atomic E-state index is 2.54. The summed E-state index contributed by atoms with van der Waals surface area (Å²) in [5, 5.41) is 1.43. The van der Waals surface area contributed by atoms with Crippen LogP contribution in [-0.2, 0) is 13.1 Å². The van der Waals surface area contributed by atoms with Crippen LogP contribution < -0.4 is 5.19 Å². The summed E-state index contributed by atoms with van der Waals surface area (Å²) in [6, 6.07) is 32.3. The van der Waals surface area contributed by atoms with E-state index in [4.69, 9.17) is 0 Å². The Labute approximate surface area is 141 Å². The topological polar surface area (TPSA) is 3.24 Å². The molecule has 0 heterocycles. The third-order valence-electron chi connectivity index (χ3n) is 3.78. The van der Waals surface area contributed by atoms with E-state index in [0.29, 0.717) is 0 Å². The van der Waals surface area contributed by atoms with Crippen LogP contribution in [0.5, 0.6) is 0 Å². The number of rotatable bonds is 7. The van der Waals surface area contributed by atoms with Crippen molar-refractivity contribution in [2.24, 2.45) is 0 Å². The second kappa shape index (κ2) is 8.46. The number of hydrogen-bond donors (Lipinski definition) is 0. The monoisotopic (exact) mass is 315 g/mol. The first-order chi connectivity index (χ1) is 11.4. The molecule has 0 bridgehead atoms. The molecule has 0 aromatic heterocycles. The van der Waals surface area contributed by atoms with Crippen molar-refractivity contribution in [3.05, 3.63) is 102 Å². The van der Waals surface area contributed by atoms with Crippen molar-refractivity contribution in [2.75, 3.05) is 6.17 Å². The van der Waals surface area contributed by atoms with Crippen LogP contribution in [0.15, 0.2) is 91.0 Å². The first-order valence-electron chi connectivity index (χ1n) is 7.99. The van der Waals surface area contributed by atoms with Crippen LogP contribution in [0.25, 0.3) is 0 Å². The van der Waals surface area contributed by atoms with Gasteiger partial charge in [0.15, 0.2) is 0 Å². The molecule has 3 aromatic carbocycles. The zero-order valence-electron chi connectivity index (χ0n) is 13.2. The van der Waals surface area contributed by atoms with Gasteiger partial charge in [0.2, 0.25) is 0 Å². The first kappa shape index (κ1) is 15.7. The van der Waals surface area contributed by atoms with Crippen LogP contribution in [-0.4, -0.2) is 20.6 Å². The Morgan fingerprint density at radius 1 is 0.565 bits per heavy atom.